The Morgan fingerprint density at radius 2 is 1.92 bits per heavy atom. The molecule has 0 nitrogen and oxygen atoms in total. The lowest BCUT2D eigenvalue weighted by Crippen LogP contribution is -2.05. The topological polar surface area (TPSA) is 0 Å². The van der Waals surface area contributed by atoms with Gasteiger partial charge in [-0.05, 0) is 23.6 Å². The van der Waals surface area contributed by atoms with Gasteiger partial charge in [-0.3, -0.25) is 0 Å². The van der Waals surface area contributed by atoms with Crippen LogP contribution in [0.25, 0.3) is 11.6 Å². The lowest BCUT2D eigenvalue weighted by Gasteiger charge is -2.23. The van der Waals surface area contributed by atoms with Gasteiger partial charge in [0.1, 0.15) is 0 Å². The van der Waals surface area contributed by atoms with Gasteiger partial charge in [-0.1, -0.05) is 49.4 Å². The summed E-state index contributed by atoms with van der Waals surface area (Å²) in [5.74, 6) is 0.495. The van der Waals surface area contributed by atoms with Crippen LogP contribution in [0.3, 0.4) is 0 Å². The van der Waals surface area contributed by atoms with Crippen LogP contribution in [0.15, 0.2) is 36.4 Å². The molecule has 13 heavy (non-hydrogen) atoms. The highest BCUT2D eigenvalue weighted by atomic mass is 14.2. The van der Waals surface area contributed by atoms with Gasteiger partial charge in [0.2, 0.25) is 0 Å². The maximum atomic E-state index is 4.15. The van der Waals surface area contributed by atoms with Gasteiger partial charge in [0.25, 0.3) is 0 Å². The quantitative estimate of drug-likeness (QED) is 0.556. The zero-order valence-corrected chi connectivity index (χ0v) is 8.17. The number of allylic oxidation sites excluding steroid dienone is 2. The van der Waals surface area contributed by atoms with Gasteiger partial charge in [0.05, 0.1) is 0 Å². The van der Waals surface area contributed by atoms with E-state index in [0.717, 1.165) is 0 Å². The summed E-state index contributed by atoms with van der Waals surface area (Å²) >= 11 is 0. The molecule has 0 aliphatic heterocycles. The molecule has 1 aromatic carbocycles. The van der Waals surface area contributed by atoms with Gasteiger partial charge >= 0.3 is 0 Å². The molecule has 0 heterocycles. The maximum absolute atomic E-state index is 4.15. The van der Waals surface area contributed by atoms with Gasteiger partial charge < -0.3 is 0 Å². The van der Waals surface area contributed by atoms with Gasteiger partial charge in [0, 0.05) is 5.92 Å². The first-order valence-electron chi connectivity index (χ1n) is 4.66. The van der Waals surface area contributed by atoms with Crippen LogP contribution in [0.1, 0.15) is 25.0 Å². The predicted molar refractivity (Wildman–Crippen MR) is 58.3 cm³/mol. The Kier molecular flexibility index (Phi) is 1.84. The highest BCUT2D eigenvalue weighted by Gasteiger charge is 2.17. The summed E-state index contributed by atoms with van der Waals surface area (Å²) in [6.07, 6.45) is 2.26. The highest BCUT2D eigenvalue weighted by molar-refractivity contribution is 5.81. The summed E-state index contributed by atoms with van der Waals surface area (Å²) in [5, 5.41) is 0. The van der Waals surface area contributed by atoms with Crippen LogP contribution in [-0.2, 0) is 0 Å². The molecule has 0 heteroatoms. The van der Waals surface area contributed by atoms with Crippen molar-refractivity contribution in [1.82, 2.24) is 0 Å². The largest absolute Gasteiger partial charge is 0.0946 e. The average Bonchev–Trinajstić information content (AvgIpc) is 2.15. The fourth-order valence-corrected chi connectivity index (χ4v) is 1.79. The Morgan fingerprint density at radius 3 is 2.69 bits per heavy atom. The first kappa shape index (κ1) is 8.31. The molecule has 1 aromatic rings. The summed E-state index contributed by atoms with van der Waals surface area (Å²) in [6.45, 7) is 8.53. The maximum Gasteiger partial charge on any atom is 0.00206 e. The van der Waals surface area contributed by atoms with Gasteiger partial charge in [-0.25, -0.2) is 0 Å². The van der Waals surface area contributed by atoms with Crippen molar-refractivity contribution in [3.63, 3.8) is 0 Å². The van der Waals surface area contributed by atoms with Crippen molar-refractivity contribution in [2.75, 3.05) is 0 Å². The fraction of sp³-hybridized carbons (Fsp3) is 0.231. The SMILES string of the molecule is C=C1c2ccccc2C=C(C)C1C. The smallest absolute Gasteiger partial charge is 0.00206 e. The Balaban J connectivity index is 2.63. The molecule has 1 aliphatic carbocycles. The summed E-state index contributed by atoms with van der Waals surface area (Å²) in [4.78, 5) is 0. The van der Waals surface area contributed by atoms with Crippen LogP contribution in [0, 0.1) is 5.92 Å². The van der Waals surface area contributed by atoms with Crippen molar-refractivity contribution >= 4 is 11.6 Å². The molecule has 1 aliphatic rings. The summed E-state index contributed by atoms with van der Waals surface area (Å²) in [5.41, 5.74) is 5.27. The molecule has 0 amide bonds. The lowest BCUT2D eigenvalue weighted by molar-refractivity contribution is 0.887. The monoisotopic (exact) mass is 170 g/mol. The average molecular weight is 170 g/mol. The third-order valence-corrected chi connectivity index (χ3v) is 2.90. The van der Waals surface area contributed by atoms with E-state index < -0.39 is 0 Å². The van der Waals surface area contributed by atoms with E-state index in [1.165, 1.54) is 22.3 Å². The van der Waals surface area contributed by atoms with E-state index in [-0.39, 0.29) is 0 Å². The fourth-order valence-electron chi connectivity index (χ4n) is 1.79. The van der Waals surface area contributed by atoms with Crippen LogP contribution >= 0.6 is 0 Å². The van der Waals surface area contributed by atoms with Crippen LogP contribution < -0.4 is 0 Å². The molecular weight excluding hydrogens is 156 g/mol. The molecule has 0 spiro atoms. The second-order valence-electron chi connectivity index (χ2n) is 3.72. The molecule has 1 unspecified atom stereocenters. The third kappa shape index (κ3) is 1.23. The zero-order chi connectivity index (χ0) is 9.42. The van der Waals surface area contributed by atoms with E-state index in [2.05, 4.69) is 50.8 Å². The van der Waals surface area contributed by atoms with Crippen molar-refractivity contribution in [2.45, 2.75) is 13.8 Å². The van der Waals surface area contributed by atoms with Crippen LogP contribution in [0.2, 0.25) is 0 Å². The molecule has 0 fully saturated rings. The lowest BCUT2D eigenvalue weighted by atomic mass is 9.82. The first-order valence-corrected chi connectivity index (χ1v) is 4.66. The minimum absolute atomic E-state index is 0.495. The number of rotatable bonds is 0. The Labute approximate surface area is 79.6 Å². The number of hydrogen-bond donors (Lipinski definition) is 0. The van der Waals surface area contributed by atoms with E-state index in [9.17, 15) is 0 Å². The van der Waals surface area contributed by atoms with Crippen molar-refractivity contribution in [3.05, 3.63) is 47.5 Å². The highest BCUT2D eigenvalue weighted by Crippen LogP contribution is 2.35. The van der Waals surface area contributed by atoms with Crippen molar-refractivity contribution < 1.29 is 0 Å². The number of fused-ring (bicyclic) bond motifs is 1. The molecule has 0 bridgehead atoms. The minimum Gasteiger partial charge on any atom is -0.0946 e. The summed E-state index contributed by atoms with van der Waals surface area (Å²) in [6, 6.07) is 8.45. The molecule has 2 rings (SSSR count). The van der Waals surface area contributed by atoms with Gasteiger partial charge in [0.15, 0.2) is 0 Å². The van der Waals surface area contributed by atoms with E-state index in [4.69, 9.17) is 0 Å². The molecule has 0 N–H and O–H groups in total. The minimum atomic E-state index is 0.495. The van der Waals surface area contributed by atoms with E-state index in [1.54, 1.807) is 0 Å². The van der Waals surface area contributed by atoms with Crippen LogP contribution in [0.5, 0.6) is 0 Å². The molecule has 66 valence electrons. The predicted octanol–water partition coefficient (Wildman–Crippen LogP) is 3.75. The summed E-state index contributed by atoms with van der Waals surface area (Å²) < 4.78 is 0. The molecule has 0 radical (unpaired) electrons. The summed E-state index contributed by atoms with van der Waals surface area (Å²) in [7, 11) is 0. The van der Waals surface area contributed by atoms with Crippen molar-refractivity contribution in [2.24, 2.45) is 5.92 Å². The molecule has 1 atom stereocenters. The van der Waals surface area contributed by atoms with Crippen LogP contribution in [0.4, 0.5) is 0 Å². The number of hydrogen-bond acceptors (Lipinski definition) is 0. The van der Waals surface area contributed by atoms with E-state index in [0.29, 0.717) is 5.92 Å². The molecule has 0 aromatic heterocycles. The Morgan fingerprint density at radius 1 is 1.23 bits per heavy atom. The van der Waals surface area contributed by atoms with Gasteiger partial charge in [-0.2, -0.15) is 0 Å². The second kappa shape index (κ2) is 2.88. The molecule has 0 saturated heterocycles. The first-order chi connectivity index (χ1) is 6.20. The molecular formula is C13H14. The van der Waals surface area contributed by atoms with Crippen molar-refractivity contribution in [3.8, 4) is 0 Å². The Hall–Kier alpha value is -1.30. The molecule has 0 saturated carbocycles. The standard InChI is InChI=1S/C13H14/c1-9-8-12-6-4-5-7-13(12)11(3)10(9)2/h4-8,10H,3H2,1-2H3. The number of benzene rings is 1. The third-order valence-electron chi connectivity index (χ3n) is 2.90. The van der Waals surface area contributed by atoms with Crippen LogP contribution in [-0.4, -0.2) is 0 Å². The Bertz CT molecular complexity index is 383. The van der Waals surface area contributed by atoms with E-state index >= 15 is 0 Å². The van der Waals surface area contributed by atoms with Gasteiger partial charge in [-0.15, -0.1) is 0 Å². The zero-order valence-electron chi connectivity index (χ0n) is 8.17. The van der Waals surface area contributed by atoms with E-state index in [1.807, 2.05) is 0 Å². The normalized spacial score (nSPS) is 20.9. The second-order valence-corrected chi connectivity index (χ2v) is 3.72. The van der Waals surface area contributed by atoms with Crippen molar-refractivity contribution in [1.29, 1.82) is 0 Å².